The highest BCUT2D eigenvalue weighted by atomic mass is 79.9. The van der Waals surface area contributed by atoms with Gasteiger partial charge in [0.15, 0.2) is 6.61 Å². The Balaban J connectivity index is 1.61. The molecule has 0 saturated heterocycles. The van der Waals surface area contributed by atoms with Crippen molar-refractivity contribution in [3.8, 4) is 5.75 Å². The maximum Gasteiger partial charge on any atom is 0.261 e. The zero-order valence-electron chi connectivity index (χ0n) is 21.0. The molecule has 200 valence electrons. The number of amides is 2. The van der Waals surface area contributed by atoms with Crippen LogP contribution in [0.4, 0.5) is 0 Å². The van der Waals surface area contributed by atoms with Crippen molar-refractivity contribution in [1.29, 1.82) is 0 Å². The minimum atomic E-state index is -0.716. The van der Waals surface area contributed by atoms with E-state index in [1.54, 1.807) is 35.2 Å². The fraction of sp³-hybridized carbons (Fsp3) is 0.333. The second kappa shape index (κ2) is 14.0. The molecule has 0 aliphatic heterocycles. The van der Waals surface area contributed by atoms with E-state index in [0.29, 0.717) is 22.2 Å². The van der Waals surface area contributed by atoms with Gasteiger partial charge in [-0.2, -0.15) is 0 Å². The van der Waals surface area contributed by atoms with E-state index in [-0.39, 0.29) is 31.0 Å². The molecule has 3 aromatic rings. The number of nitrogens with zero attached hydrogens (tertiary/aromatic N) is 1. The van der Waals surface area contributed by atoms with Crippen molar-refractivity contribution < 1.29 is 14.3 Å². The van der Waals surface area contributed by atoms with Gasteiger partial charge < -0.3 is 15.0 Å². The second-order valence-electron chi connectivity index (χ2n) is 9.56. The molecule has 5 nitrogen and oxygen atoms in total. The SMILES string of the molecule is O=C(NC1CCCCC1)[C@@H](Cc1ccccc1)N(Cc1ccc(Cl)cc1)C(=O)COc1ccc(Br)cc1Cl. The quantitative estimate of drug-likeness (QED) is 0.261. The largest absolute Gasteiger partial charge is 0.482 e. The fourth-order valence-electron chi connectivity index (χ4n) is 4.70. The lowest BCUT2D eigenvalue weighted by Crippen LogP contribution is -2.53. The number of halogens is 3. The summed E-state index contributed by atoms with van der Waals surface area (Å²) in [6.07, 6.45) is 5.70. The summed E-state index contributed by atoms with van der Waals surface area (Å²) in [5.41, 5.74) is 1.84. The second-order valence-corrected chi connectivity index (χ2v) is 11.3. The monoisotopic (exact) mass is 616 g/mol. The molecule has 2 amide bonds. The first-order valence-corrected chi connectivity index (χ1v) is 14.4. The van der Waals surface area contributed by atoms with E-state index in [2.05, 4.69) is 21.2 Å². The van der Waals surface area contributed by atoms with Crippen LogP contribution in [0, 0.1) is 0 Å². The van der Waals surface area contributed by atoms with Crippen LogP contribution < -0.4 is 10.1 Å². The minimum absolute atomic E-state index is 0.125. The first kappa shape index (κ1) is 28.5. The van der Waals surface area contributed by atoms with Crippen LogP contribution in [-0.4, -0.2) is 35.4 Å². The van der Waals surface area contributed by atoms with E-state index in [9.17, 15) is 9.59 Å². The number of carbonyl (C=O) groups excluding carboxylic acids is 2. The number of benzene rings is 3. The highest BCUT2D eigenvalue weighted by Gasteiger charge is 2.32. The number of hydrogen-bond donors (Lipinski definition) is 1. The average Bonchev–Trinajstić information content (AvgIpc) is 2.92. The first-order chi connectivity index (χ1) is 18.4. The minimum Gasteiger partial charge on any atom is -0.482 e. The third-order valence-electron chi connectivity index (χ3n) is 6.73. The number of nitrogens with one attached hydrogen (secondary N) is 1. The predicted octanol–water partition coefficient (Wildman–Crippen LogP) is 7.22. The van der Waals surface area contributed by atoms with Gasteiger partial charge in [-0.05, 0) is 54.3 Å². The number of rotatable bonds is 10. The Hall–Kier alpha value is -2.54. The lowest BCUT2D eigenvalue weighted by molar-refractivity contribution is -0.143. The third kappa shape index (κ3) is 8.23. The number of ether oxygens (including phenoxy) is 1. The summed E-state index contributed by atoms with van der Waals surface area (Å²) in [6, 6.07) is 21.7. The Bertz CT molecular complexity index is 1220. The molecule has 38 heavy (non-hydrogen) atoms. The summed E-state index contributed by atoms with van der Waals surface area (Å²) in [7, 11) is 0. The van der Waals surface area contributed by atoms with Crippen LogP contribution in [0.3, 0.4) is 0 Å². The van der Waals surface area contributed by atoms with Crippen molar-refractivity contribution in [1.82, 2.24) is 10.2 Å². The van der Waals surface area contributed by atoms with Gasteiger partial charge in [0.05, 0.1) is 5.02 Å². The summed E-state index contributed by atoms with van der Waals surface area (Å²) in [4.78, 5) is 29.1. The van der Waals surface area contributed by atoms with Crippen molar-refractivity contribution in [2.24, 2.45) is 0 Å². The lowest BCUT2D eigenvalue weighted by atomic mass is 9.94. The Morgan fingerprint density at radius 1 is 0.947 bits per heavy atom. The van der Waals surface area contributed by atoms with Crippen LogP contribution in [0.2, 0.25) is 10.0 Å². The first-order valence-electron chi connectivity index (χ1n) is 12.8. The van der Waals surface area contributed by atoms with Gasteiger partial charge in [0, 0.05) is 28.5 Å². The highest BCUT2D eigenvalue weighted by molar-refractivity contribution is 9.10. The normalized spacial score (nSPS) is 14.5. The summed E-state index contributed by atoms with van der Waals surface area (Å²) < 4.78 is 6.64. The molecule has 3 aromatic carbocycles. The summed E-state index contributed by atoms with van der Waals surface area (Å²) >= 11 is 15.8. The molecule has 0 spiro atoms. The molecular formula is C30H31BrCl2N2O3. The van der Waals surface area contributed by atoms with E-state index < -0.39 is 6.04 Å². The van der Waals surface area contributed by atoms with Crippen molar-refractivity contribution >= 4 is 50.9 Å². The smallest absolute Gasteiger partial charge is 0.261 e. The topological polar surface area (TPSA) is 58.6 Å². The average molecular weight is 618 g/mol. The van der Waals surface area contributed by atoms with Crippen molar-refractivity contribution in [3.63, 3.8) is 0 Å². The zero-order chi connectivity index (χ0) is 26.9. The van der Waals surface area contributed by atoms with E-state index in [1.165, 1.54) is 6.42 Å². The van der Waals surface area contributed by atoms with E-state index in [1.807, 2.05) is 42.5 Å². The zero-order valence-corrected chi connectivity index (χ0v) is 24.1. The standard InChI is InChI=1S/C30H31BrCl2N2O3/c31-23-13-16-28(26(33)18-23)38-20-29(36)35(19-22-11-14-24(32)15-12-22)27(17-21-7-3-1-4-8-21)30(37)34-25-9-5-2-6-10-25/h1,3-4,7-8,11-16,18,25,27H,2,5-6,9-10,17,19-20H2,(H,34,37)/t27-/m1/s1. The predicted molar refractivity (Wildman–Crippen MR) is 156 cm³/mol. The van der Waals surface area contributed by atoms with E-state index in [0.717, 1.165) is 41.3 Å². The van der Waals surface area contributed by atoms with Crippen LogP contribution in [0.1, 0.15) is 43.2 Å². The van der Waals surface area contributed by atoms with Gasteiger partial charge in [0.25, 0.3) is 5.91 Å². The van der Waals surface area contributed by atoms with Gasteiger partial charge in [0.1, 0.15) is 11.8 Å². The van der Waals surface area contributed by atoms with E-state index in [4.69, 9.17) is 27.9 Å². The maximum atomic E-state index is 13.8. The lowest BCUT2D eigenvalue weighted by Gasteiger charge is -2.33. The molecular weight excluding hydrogens is 587 g/mol. The summed E-state index contributed by atoms with van der Waals surface area (Å²) in [6.45, 7) is -0.0139. The molecule has 4 rings (SSSR count). The van der Waals surface area contributed by atoms with Crippen LogP contribution in [0.5, 0.6) is 5.75 Å². The molecule has 1 saturated carbocycles. The highest BCUT2D eigenvalue weighted by Crippen LogP contribution is 2.28. The van der Waals surface area contributed by atoms with Crippen molar-refractivity contribution in [2.75, 3.05) is 6.61 Å². The van der Waals surface area contributed by atoms with Gasteiger partial charge >= 0.3 is 0 Å². The molecule has 1 fully saturated rings. The van der Waals surface area contributed by atoms with Gasteiger partial charge in [-0.25, -0.2) is 0 Å². The summed E-state index contributed by atoms with van der Waals surface area (Å²) in [5, 5.41) is 4.24. The van der Waals surface area contributed by atoms with Gasteiger partial charge in [-0.3, -0.25) is 9.59 Å². The fourth-order valence-corrected chi connectivity index (χ4v) is 5.55. The number of carbonyl (C=O) groups is 2. The Labute approximate surface area is 242 Å². The van der Waals surface area contributed by atoms with Gasteiger partial charge in [-0.15, -0.1) is 0 Å². The van der Waals surface area contributed by atoms with Crippen LogP contribution in [0.15, 0.2) is 77.3 Å². The summed E-state index contributed by atoms with van der Waals surface area (Å²) in [5.74, 6) is -0.0515. The molecule has 1 aliphatic carbocycles. The molecule has 8 heteroatoms. The van der Waals surface area contributed by atoms with Crippen LogP contribution in [-0.2, 0) is 22.6 Å². The van der Waals surface area contributed by atoms with Crippen molar-refractivity contribution in [2.45, 2.75) is 57.2 Å². The molecule has 1 aliphatic rings. The molecule has 1 atom stereocenters. The van der Waals surface area contributed by atoms with Crippen LogP contribution >= 0.6 is 39.1 Å². The molecule has 0 aromatic heterocycles. The van der Waals surface area contributed by atoms with E-state index >= 15 is 0 Å². The molecule has 0 radical (unpaired) electrons. The molecule has 0 heterocycles. The Kier molecular flexibility index (Phi) is 10.5. The van der Waals surface area contributed by atoms with Gasteiger partial charge in [0.2, 0.25) is 5.91 Å². The Morgan fingerprint density at radius 2 is 1.66 bits per heavy atom. The van der Waals surface area contributed by atoms with Crippen molar-refractivity contribution in [3.05, 3.63) is 98.4 Å². The third-order valence-corrected chi connectivity index (χ3v) is 7.77. The molecule has 0 unspecified atom stereocenters. The number of hydrogen-bond acceptors (Lipinski definition) is 3. The van der Waals surface area contributed by atoms with Crippen LogP contribution in [0.25, 0.3) is 0 Å². The maximum absolute atomic E-state index is 13.8. The Morgan fingerprint density at radius 3 is 2.34 bits per heavy atom. The van der Waals surface area contributed by atoms with Gasteiger partial charge in [-0.1, -0.05) is 101 Å². The molecule has 1 N–H and O–H groups in total. The molecule has 0 bridgehead atoms.